The van der Waals surface area contributed by atoms with E-state index in [0.29, 0.717) is 6.42 Å². The van der Waals surface area contributed by atoms with Gasteiger partial charge < -0.3 is 10.2 Å². The normalized spacial score (nSPS) is 14.9. The van der Waals surface area contributed by atoms with Crippen LogP contribution < -0.4 is 9.62 Å². The van der Waals surface area contributed by atoms with Crippen molar-refractivity contribution in [3.63, 3.8) is 0 Å². The number of aryl methyl sites for hydroxylation is 1. The maximum Gasteiger partial charge on any atom is 0.244 e. The minimum absolute atomic E-state index is 0.0316. The van der Waals surface area contributed by atoms with Crippen molar-refractivity contribution in [3.8, 4) is 0 Å². The predicted molar refractivity (Wildman–Crippen MR) is 150 cm³/mol. The van der Waals surface area contributed by atoms with E-state index in [1.165, 1.54) is 17.0 Å². The predicted octanol–water partition coefficient (Wildman–Crippen LogP) is 5.59. The van der Waals surface area contributed by atoms with Crippen molar-refractivity contribution >= 4 is 62.3 Å². The summed E-state index contributed by atoms with van der Waals surface area (Å²) >= 11 is 18.5. The Morgan fingerprint density at radius 2 is 1.68 bits per heavy atom. The fourth-order valence-electron chi connectivity index (χ4n) is 4.56. The summed E-state index contributed by atoms with van der Waals surface area (Å²) in [7, 11) is -3.95. The van der Waals surface area contributed by atoms with Gasteiger partial charge in [-0.25, -0.2) is 8.42 Å². The lowest BCUT2D eigenvalue weighted by molar-refractivity contribution is -0.140. The molecule has 0 aromatic heterocycles. The van der Waals surface area contributed by atoms with Crippen LogP contribution in [0.25, 0.3) is 0 Å². The standard InChI is InChI=1S/C26H32Cl3N3O4S/c1-4-23(26(34)30-19-11-7-8-12-19)31(15-18-10-6-5-9-17(18)2)25(33)16-32(37(3,35)36)24-14-21(28)20(27)13-22(24)29/h5-6,9-10,13-14,19,23H,4,7-8,11-12,15-16H2,1-3H3,(H,30,34)/t23-/m0/s1. The molecule has 0 unspecified atom stereocenters. The minimum Gasteiger partial charge on any atom is -0.352 e. The summed E-state index contributed by atoms with van der Waals surface area (Å²) in [5.74, 6) is -0.779. The lowest BCUT2D eigenvalue weighted by atomic mass is 10.1. The van der Waals surface area contributed by atoms with Gasteiger partial charge in [-0.3, -0.25) is 13.9 Å². The zero-order chi connectivity index (χ0) is 27.3. The smallest absolute Gasteiger partial charge is 0.244 e. The third kappa shape index (κ3) is 7.53. The quantitative estimate of drug-likeness (QED) is 0.367. The van der Waals surface area contributed by atoms with Crippen molar-refractivity contribution < 1.29 is 18.0 Å². The summed E-state index contributed by atoms with van der Waals surface area (Å²) in [6, 6.07) is 9.53. The van der Waals surface area contributed by atoms with Crippen molar-refractivity contribution in [1.82, 2.24) is 10.2 Å². The highest BCUT2D eigenvalue weighted by Crippen LogP contribution is 2.35. The number of hydrogen-bond acceptors (Lipinski definition) is 4. The van der Waals surface area contributed by atoms with Crippen LogP contribution in [0.4, 0.5) is 5.69 Å². The average Bonchev–Trinajstić information content (AvgIpc) is 3.33. The largest absolute Gasteiger partial charge is 0.352 e. The summed E-state index contributed by atoms with van der Waals surface area (Å²) in [5.41, 5.74) is 1.85. The first-order chi connectivity index (χ1) is 17.4. The lowest BCUT2D eigenvalue weighted by Gasteiger charge is -2.34. The highest BCUT2D eigenvalue weighted by Gasteiger charge is 2.33. The number of nitrogens with one attached hydrogen (secondary N) is 1. The van der Waals surface area contributed by atoms with E-state index in [1.54, 1.807) is 0 Å². The second-order valence-corrected chi connectivity index (χ2v) is 12.5. The molecule has 1 atom stereocenters. The first-order valence-electron chi connectivity index (χ1n) is 12.2. The third-order valence-corrected chi connectivity index (χ3v) is 8.78. The Hall–Kier alpha value is -2.00. The molecule has 7 nitrogen and oxygen atoms in total. The number of carbonyl (C=O) groups excluding carboxylic acids is 2. The fraction of sp³-hybridized carbons (Fsp3) is 0.462. The van der Waals surface area contributed by atoms with Crippen molar-refractivity contribution in [2.45, 2.75) is 64.6 Å². The molecule has 2 aromatic carbocycles. The van der Waals surface area contributed by atoms with Gasteiger partial charge in [0.2, 0.25) is 21.8 Å². The molecule has 1 saturated carbocycles. The van der Waals surface area contributed by atoms with Gasteiger partial charge in [0.1, 0.15) is 12.6 Å². The number of hydrogen-bond donors (Lipinski definition) is 1. The highest BCUT2D eigenvalue weighted by molar-refractivity contribution is 7.92. The van der Waals surface area contributed by atoms with Gasteiger partial charge in [0.15, 0.2) is 0 Å². The molecule has 0 spiro atoms. The topological polar surface area (TPSA) is 86.8 Å². The molecule has 3 rings (SSSR count). The van der Waals surface area contributed by atoms with E-state index in [0.717, 1.165) is 47.4 Å². The number of sulfonamides is 1. The van der Waals surface area contributed by atoms with Gasteiger partial charge in [-0.2, -0.15) is 0 Å². The molecule has 1 aliphatic rings. The summed E-state index contributed by atoms with van der Waals surface area (Å²) in [5, 5.41) is 3.37. The zero-order valence-electron chi connectivity index (χ0n) is 21.1. The van der Waals surface area contributed by atoms with Crippen LogP contribution in [0.3, 0.4) is 0 Å². The summed E-state index contributed by atoms with van der Waals surface area (Å²) in [4.78, 5) is 28.6. The first-order valence-corrected chi connectivity index (χ1v) is 15.2. The average molecular weight is 589 g/mol. The van der Waals surface area contributed by atoms with Gasteiger partial charge in [-0.1, -0.05) is 78.8 Å². The molecule has 0 heterocycles. The van der Waals surface area contributed by atoms with Crippen LogP contribution in [0.1, 0.15) is 50.2 Å². The van der Waals surface area contributed by atoms with E-state index in [4.69, 9.17) is 34.8 Å². The highest BCUT2D eigenvalue weighted by atomic mass is 35.5. The van der Waals surface area contributed by atoms with Gasteiger partial charge in [0.05, 0.1) is 27.0 Å². The number of halogens is 3. The number of carbonyl (C=O) groups is 2. The van der Waals surface area contributed by atoms with Crippen LogP contribution >= 0.6 is 34.8 Å². The Bertz CT molecular complexity index is 1250. The SMILES string of the molecule is CC[C@@H](C(=O)NC1CCCC1)N(Cc1ccccc1C)C(=O)CN(c1cc(Cl)c(Cl)cc1Cl)S(C)(=O)=O. The van der Waals surface area contributed by atoms with Gasteiger partial charge in [0, 0.05) is 12.6 Å². The number of anilines is 1. The van der Waals surface area contributed by atoms with Crippen LogP contribution in [0.15, 0.2) is 36.4 Å². The monoisotopic (exact) mass is 587 g/mol. The Morgan fingerprint density at radius 1 is 1.05 bits per heavy atom. The second kappa shape index (κ2) is 12.7. The van der Waals surface area contributed by atoms with Crippen LogP contribution in [0.2, 0.25) is 15.1 Å². The summed E-state index contributed by atoms with van der Waals surface area (Å²) in [6.45, 7) is 3.35. The van der Waals surface area contributed by atoms with Gasteiger partial charge >= 0.3 is 0 Å². The van der Waals surface area contributed by atoms with Gasteiger partial charge in [-0.15, -0.1) is 0 Å². The molecule has 0 radical (unpaired) electrons. The van der Waals surface area contributed by atoms with Crippen LogP contribution in [-0.4, -0.2) is 50.0 Å². The molecular formula is C26H32Cl3N3O4S. The zero-order valence-corrected chi connectivity index (χ0v) is 24.2. The number of rotatable bonds is 10. The van der Waals surface area contributed by atoms with Crippen molar-refractivity contribution in [3.05, 3.63) is 62.6 Å². The molecule has 0 aliphatic heterocycles. The van der Waals surface area contributed by atoms with E-state index in [1.807, 2.05) is 38.1 Å². The lowest BCUT2D eigenvalue weighted by Crippen LogP contribution is -2.53. The Balaban J connectivity index is 1.98. The van der Waals surface area contributed by atoms with Gasteiger partial charge in [0.25, 0.3) is 0 Å². The fourth-order valence-corrected chi connectivity index (χ4v) is 6.10. The molecule has 37 heavy (non-hydrogen) atoms. The molecule has 202 valence electrons. The molecular weight excluding hydrogens is 557 g/mol. The molecule has 1 fully saturated rings. The number of benzene rings is 2. The molecule has 11 heteroatoms. The third-order valence-electron chi connectivity index (χ3n) is 6.63. The van der Waals surface area contributed by atoms with E-state index in [9.17, 15) is 18.0 Å². The minimum atomic E-state index is -3.95. The second-order valence-electron chi connectivity index (χ2n) is 9.35. The Kier molecular flexibility index (Phi) is 10.1. The number of nitrogens with zero attached hydrogens (tertiary/aromatic N) is 2. The molecule has 0 saturated heterocycles. The van der Waals surface area contributed by atoms with Crippen molar-refractivity contribution in [1.29, 1.82) is 0 Å². The molecule has 1 aliphatic carbocycles. The summed E-state index contributed by atoms with van der Waals surface area (Å²) < 4.78 is 26.5. The number of amides is 2. The molecule has 1 N–H and O–H groups in total. The van der Waals surface area contributed by atoms with Crippen LogP contribution in [-0.2, 0) is 26.2 Å². The van der Waals surface area contributed by atoms with Crippen LogP contribution in [0.5, 0.6) is 0 Å². The first kappa shape index (κ1) is 29.6. The van der Waals surface area contributed by atoms with E-state index < -0.39 is 28.5 Å². The van der Waals surface area contributed by atoms with Gasteiger partial charge in [-0.05, 0) is 49.4 Å². The molecule has 0 bridgehead atoms. The Morgan fingerprint density at radius 3 is 2.27 bits per heavy atom. The molecule has 2 aromatic rings. The maximum absolute atomic E-state index is 13.8. The van der Waals surface area contributed by atoms with E-state index in [-0.39, 0.29) is 39.2 Å². The van der Waals surface area contributed by atoms with Crippen molar-refractivity contribution in [2.75, 3.05) is 17.1 Å². The van der Waals surface area contributed by atoms with Crippen molar-refractivity contribution in [2.24, 2.45) is 0 Å². The van der Waals surface area contributed by atoms with E-state index >= 15 is 0 Å². The summed E-state index contributed by atoms with van der Waals surface area (Å²) in [6.07, 6.45) is 5.28. The molecule has 2 amide bonds. The Labute approximate surface area is 234 Å². The van der Waals surface area contributed by atoms with Crippen LogP contribution in [0, 0.1) is 6.92 Å². The maximum atomic E-state index is 13.8. The van der Waals surface area contributed by atoms with E-state index in [2.05, 4.69) is 5.32 Å².